The van der Waals surface area contributed by atoms with Gasteiger partial charge < -0.3 is 25.5 Å². The summed E-state index contributed by atoms with van der Waals surface area (Å²) in [5.41, 5.74) is 4.87. The number of nitrogens with two attached hydrogens (primary N) is 1. The number of primary amides is 1. The van der Waals surface area contributed by atoms with Crippen LogP contribution in [0.2, 0.25) is 0 Å². The molecule has 3 amide bonds. The molecule has 2 aromatic rings. The zero-order valence-electron chi connectivity index (χ0n) is 22.7. The first-order chi connectivity index (χ1) is 17.9. The minimum absolute atomic E-state index is 0.106. The van der Waals surface area contributed by atoms with E-state index in [1.807, 2.05) is 0 Å². The summed E-state index contributed by atoms with van der Waals surface area (Å²) in [6, 6.07) is 5.12. The Hall–Kier alpha value is -3.69. The summed E-state index contributed by atoms with van der Waals surface area (Å²) in [7, 11) is 0. The molecule has 0 aliphatic heterocycles. The molecule has 10 heteroatoms. The van der Waals surface area contributed by atoms with Crippen LogP contribution in [0.3, 0.4) is 0 Å². The van der Waals surface area contributed by atoms with Gasteiger partial charge in [0.1, 0.15) is 17.4 Å². The van der Waals surface area contributed by atoms with Crippen molar-refractivity contribution in [2.45, 2.75) is 85.1 Å². The second-order valence-electron chi connectivity index (χ2n) is 10.2. The third-order valence-electron chi connectivity index (χ3n) is 6.30. The molecule has 2 rings (SSSR count). The summed E-state index contributed by atoms with van der Waals surface area (Å²) in [4.78, 5) is 60.9. The molecule has 4 N–H and O–H groups in total. The van der Waals surface area contributed by atoms with Crippen molar-refractivity contribution in [1.29, 1.82) is 0 Å². The van der Waals surface area contributed by atoms with Gasteiger partial charge in [0.05, 0.1) is 11.8 Å². The maximum Gasteiger partial charge on any atom is 0.336 e. The van der Waals surface area contributed by atoms with Gasteiger partial charge in [-0.2, -0.15) is 0 Å². The van der Waals surface area contributed by atoms with Gasteiger partial charge in [0.2, 0.25) is 17.7 Å². The van der Waals surface area contributed by atoms with Crippen LogP contribution in [0.1, 0.15) is 77.7 Å². The van der Waals surface area contributed by atoms with Crippen LogP contribution in [0.5, 0.6) is 5.75 Å². The predicted molar refractivity (Wildman–Crippen MR) is 143 cm³/mol. The molecule has 0 spiro atoms. The first-order valence-electron chi connectivity index (χ1n) is 13.0. The molecule has 1 atom stereocenters. The summed E-state index contributed by atoms with van der Waals surface area (Å²) >= 11 is 0. The van der Waals surface area contributed by atoms with E-state index in [-0.39, 0.29) is 37.5 Å². The number of ether oxygens (including phenoxy) is 1. The zero-order valence-corrected chi connectivity index (χ0v) is 22.7. The third-order valence-corrected chi connectivity index (χ3v) is 6.30. The maximum absolute atomic E-state index is 12.8. The SMILES string of the molecule is CCCCCCCC(=O)N[C@H](CC(N)=O)C(=O)NCCC(C)(C)C(=O)Oc1ccc2c(C)cc(=O)oc2c1. The Kier molecular flexibility index (Phi) is 11.5. The Morgan fingerprint density at radius 1 is 1.08 bits per heavy atom. The standard InChI is InChI=1S/C28H39N3O7/c1-5-6-7-8-9-10-24(33)31-21(17-23(29)32)26(35)30-14-13-28(3,4)27(36)37-19-11-12-20-18(2)15-25(34)38-22(20)16-19/h11-12,15-16,21H,5-10,13-14,17H2,1-4H3,(H2,29,32)(H,30,35)(H,31,33)/t21-/m1/s1. The van der Waals surface area contributed by atoms with E-state index in [1.54, 1.807) is 32.9 Å². The van der Waals surface area contributed by atoms with Gasteiger partial charge in [-0.3, -0.25) is 19.2 Å². The van der Waals surface area contributed by atoms with Gasteiger partial charge in [-0.05, 0) is 51.3 Å². The van der Waals surface area contributed by atoms with Gasteiger partial charge in [0.25, 0.3) is 0 Å². The van der Waals surface area contributed by atoms with Crippen LogP contribution < -0.4 is 26.7 Å². The Bertz CT molecular complexity index is 1200. The van der Waals surface area contributed by atoms with Crippen molar-refractivity contribution in [3.8, 4) is 5.75 Å². The molecule has 10 nitrogen and oxygen atoms in total. The fraction of sp³-hybridized carbons (Fsp3) is 0.536. The highest BCUT2D eigenvalue weighted by Gasteiger charge is 2.31. The lowest BCUT2D eigenvalue weighted by atomic mass is 9.89. The van der Waals surface area contributed by atoms with Crippen molar-refractivity contribution in [2.24, 2.45) is 11.1 Å². The van der Waals surface area contributed by atoms with Gasteiger partial charge >= 0.3 is 11.6 Å². The number of amides is 3. The van der Waals surface area contributed by atoms with E-state index in [1.165, 1.54) is 12.1 Å². The Morgan fingerprint density at radius 3 is 2.47 bits per heavy atom. The van der Waals surface area contributed by atoms with Crippen LogP contribution in [0.25, 0.3) is 11.0 Å². The molecule has 38 heavy (non-hydrogen) atoms. The minimum Gasteiger partial charge on any atom is -0.426 e. The smallest absolute Gasteiger partial charge is 0.336 e. The molecule has 208 valence electrons. The Balaban J connectivity index is 1.90. The molecule has 0 radical (unpaired) electrons. The molecule has 0 bridgehead atoms. The lowest BCUT2D eigenvalue weighted by Gasteiger charge is -2.23. The lowest BCUT2D eigenvalue weighted by Crippen LogP contribution is -2.49. The number of aryl methyl sites for hydroxylation is 1. The number of hydrogen-bond donors (Lipinski definition) is 3. The zero-order chi connectivity index (χ0) is 28.3. The van der Waals surface area contributed by atoms with E-state index in [0.29, 0.717) is 12.0 Å². The molecule has 0 saturated heterocycles. The first-order valence-corrected chi connectivity index (χ1v) is 13.0. The number of unbranched alkanes of at least 4 members (excludes halogenated alkanes) is 4. The first kappa shape index (κ1) is 30.5. The minimum atomic E-state index is -1.08. The fourth-order valence-electron chi connectivity index (χ4n) is 3.90. The van der Waals surface area contributed by atoms with E-state index in [9.17, 15) is 24.0 Å². The van der Waals surface area contributed by atoms with Gasteiger partial charge in [-0.15, -0.1) is 0 Å². The van der Waals surface area contributed by atoms with Gasteiger partial charge in [0.15, 0.2) is 0 Å². The van der Waals surface area contributed by atoms with Crippen molar-refractivity contribution in [3.05, 3.63) is 40.2 Å². The molecular weight excluding hydrogens is 490 g/mol. The molecule has 0 saturated carbocycles. The van der Waals surface area contributed by atoms with E-state index >= 15 is 0 Å². The average molecular weight is 530 g/mol. The van der Waals surface area contributed by atoms with E-state index in [0.717, 1.165) is 36.6 Å². The van der Waals surface area contributed by atoms with Gasteiger partial charge in [-0.25, -0.2) is 4.79 Å². The quantitative estimate of drug-likeness (QED) is 0.138. The summed E-state index contributed by atoms with van der Waals surface area (Å²) in [6.45, 7) is 7.35. The highest BCUT2D eigenvalue weighted by molar-refractivity contribution is 5.91. The number of rotatable bonds is 15. The Labute approximate surface area is 222 Å². The van der Waals surface area contributed by atoms with Crippen LogP contribution in [0, 0.1) is 12.3 Å². The summed E-state index contributed by atoms with van der Waals surface area (Å²) < 4.78 is 10.7. The van der Waals surface area contributed by atoms with Gasteiger partial charge in [-0.1, -0.05) is 32.6 Å². The molecule has 0 aliphatic rings. The number of hydrogen-bond acceptors (Lipinski definition) is 7. The number of esters is 1. The predicted octanol–water partition coefficient (Wildman–Crippen LogP) is 3.26. The van der Waals surface area contributed by atoms with Crippen molar-refractivity contribution < 1.29 is 28.3 Å². The van der Waals surface area contributed by atoms with E-state index in [2.05, 4.69) is 17.6 Å². The van der Waals surface area contributed by atoms with Crippen molar-refractivity contribution in [1.82, 2.24) is 10.6 Å². The van der Waals surface area contributed by atoms with E-state index in [4.69, 9.17) is 14.9 Å². The van der Waals surface area contributed by atoms with E-state index < -0.39 is 34.9 Å². The van der Waals surface area contributed by atoms with Crippen molar-refractivity contribution in [2.75, 3.05) is 6.54 Å². The monoisotopic (exact) mass is 529 g/mol. The average Bonchev–Trinajstić information content (AvgIpc) is 2.82. The van der Waals surface area contributed by atoms with Crippen molar-refractivity contribution in [3.63, 3.8) is 0 Å². The van der Waals surface area contributed by atoms with Gasteiger partial charge in [0, 0.05) is 30.5 Å². The van der Waals surface area contributed by atoms with Crippen LogP contribution in [0.4, 0.5) is 0 Å². The number of carbonyl (C=O) groups excluding carboxylic acids is 4. The molecule has 1 aromatic heterocycles. The third kappa shape index (κ3) is 9.64. The summed E-state index contributed by atoms with van der Waals surface area (Å²) in [5.74, 6) is -1.88. The summed E-state index contributed by atoms with van der Waals surface area (Å²) in [5, 5.41) is 6.00. The van der Waals surface area contributed by atoms with Crippen LogP contribution in [-0.4, -0.2) is 36.3 Å². The maximum atomic E-state index is 12.8. The molecule has 1 heterocycles. The fourth-order valence-corrected chi connectivity index (χ4v) is 3.90. The number of carbonyl (C=O) groups is 4. The topological polar surface area (TPSA) is 158 Å². The van der Waals surface area contributed by atoms with Crippen LogP contribution in [-0.2, 0) is 19.2 Å². The highest BCUT2D eigenvalue weighted by atomic mass is 16.5. The van der Waals surface area contributed by atoms with Crippen molar-refractivity contribution >= 4 is 34.7 Å². The number of nitrogens with one attached hydrogen (secondary N) is 2. The Morgan fingerprint density at radius 2 is 1.79 bits per heavy atom. The molecule has 0 unspecified atom stereocenters. The molecule has 0 fully saturated rings. The molecule has 0 aliphatic carbocycles. The largest absolute Gasteiger partial charge is 0.426 e. The normalized spacial score (nSPS) is 12.1. The summed E-state index contributed by atoms with van der Waals surface area (Å²) in [6.07, 6.45) is 5.06. The molecular formula is C28H39N3O7. The number of fused-ring (bicyclic) bond motifs is 1. The van der Waals surface area contributed by atoms with Crippen LogP contribution >= 0.6 is 0 Å². The number of benzene rings is 1. The molecule has 1 aromatic carbocycles. The second kappa shape index (κ2) is 14.3. The van der Waals surface area contributed by atoms with Crippen LogP contribution in [0.15, 0.2) is 33.5 Å². The second-order valence-corrected chi connectivity index (χ2v) is 10.2. The highest BCUT2D eigenvalue weighted by Crippen LogP contribution is 2.26. The lowest BCUT2D eigenvalue weighted by molar-refractivity contribution is -0.144.